The van der Waals surface area contributed by atoms with Gasteiger partial charge in [-0.25, -0.2) is 0 Å². The van der Waals surface area contributed by atoms with Crippen molar-refractivity contribution in [3.8, 4) is 0 Å². The average molecular weight is 376 g/mol. The van der Waals surface area contributed by atoms with E-state index in [4.69, 9.17) is 0 Å². The molecule has 12 heteroatoms. The summed E-state index contributed by atoms with van der Waals surface area (Å²) in [6, 6.07) is 0. The molecule has 0 bridgehead atoms. The number of carbonyl (C=O) groups is 2. The van der Waals surface area contributed by atoms with Crippen LogP contribution in [-0.2, 0) is 18.7 Å². The van der Waals surface area contributed by atoms with Crippen LogP contribution in [0.15, 0.2) is 0 Å². The van der Waals surface area contributed by atoms with Gasteiger partial charge in [0.2, 0.25) is 0 Å². The minimum atomic E-state index is -5.73. The van der Waals surface area contributed by atoms with Crippen molar-refractivity contribution in [3.05, 3.63) is 0 Å². The lowest BCUT2D eigenvalue weighted by Gasteiger charge is -2.49. The molecule has 0 aromatic heterocycles. The number of hydrogen-bond acceptors (Lipinski definition) is 4. The summed E-state index contributed by atoms with van der Waals surface area (Å²) in [7, 11) is -11.5. The van der Waals surface area contributed by atoms with Gasteiger partial charge in [-0.1, -0.05) is 20.8 Å². The highest BCUT2D eigenvalue weighted by molar-refractivity contribution is 7.72. The van der Waals surface area contributed by atoms with E-state index in [1.54, 1.807) is 0 Å². The second kappa shape index (κ2) is 7.01. The van der Waals surface area contributed by atoms with E-state index >= 15 is 0 Å². The molecule has 0 aliphatic heterocycles. The van der Waals surface area contributed by atoms with Gasteiger partial charge in [-0.15, -0.1) is 0 Å². The van der Waals surface area contributed by atoms with Gasteiger partial charge in [0.15, 0.2) is 4.90 Å². The van der Waals surface area contributed by atoms with E-state index in [0.717, 1.165) is 13.8 Å². The van der Waals surface area contributed by atoms with Gasteiger partial charge in [0.1, 0.15) is 5.41 Å². The molecule has 0 heterocycles. The van der Waals surface area contributed by atoms with Crippen LogP contribution < -0.4 is 0 Å². The number of hydrogen-bond donors (Lipinski definition) is 6. The Labute approximate surface area is 132 Å². The van der Waals surface area contributed by atoms with Gasteiger partial charge in [0.25, 0.3) is 0 Å². The van der Waals surface area contributed by atoms with E-state index in [-0.39, 0.29) is 6.42 Å². The second-order valence-corrected chi connectivity index (χ2v) is 9.24. The number of aliphatic carboxylic acids is 2. The first kappa shape index (κ1) is 22.2. The fourth-order valence-electron chi connectivity index (χ4n) is 3.43. The molecule has 0 amide bonds. The van der Waals surface area contributed by atoms with Gasteiger partial charge >= 0.3 is 27.1 Å². The molecule has 0 aliphatic rings. The molecule has 0 aromatic rings. The summed E-state index contributed by atoms with van der Waals surface area (Å²) >= 11 is 0. The highest BCUT2D eigenvalue weighted by Gasteiger charge is 2.75. The normalized spacial score (nSPS) is 17.3. The Morgan fingerprint density at radius 1 is 0.913 bits per heavy atom. The third-order valence-electron chi connectivity index (χ3n) is 4.41. The van der Waals surface area contributed by atoms with Crippen molar-refractivity contribution in [1.82, 2.24) is 0 Å². The molecule has 136 valence electrons. The maximum atomic E-state index is 12.0. The number of carboxylic acids is 2. The molecule has 0 aliphatic carbocycles. The second-order valence-electron chi connectivity index (χ2n) is 5.19. The first-order valence-corrected chi connectivity index (χ1v) is 10.0. The predicted molar refractivity (Wildman–Crippen MR) is 78.9 cm³/mol. The Morgan fingerprint density at radius 2 is 1.30 bits per heavy atom. The van der Waals surface area contributed by atoms with Crippen molar-refractivity contribution < 1.29 is 48.5 Å². The molecule has 0 saturated heterocycles. The summed E-state index contributed by atoms with van der Waals surface area (Å²) in [5.41, 5.74) is -2.85. The molecule has 2 unspecified atom stereocenters. The summed E-state index contributed by atoms with van der Waals surface area (Å²) in [5, 5.41) is 18.9. The third-order valence-corrected chi connectivity index (χ3v) is 9.33. The Morgan fingerprint density at radius 3 is 1.43 bits per heavy atom. The lowest BCUT2D eigenvalue weighted by molar-refractivity contribution is -0.165. The fourth-order valence-corrected chi connectivity index (χ4v) is 7.47. The molecule has 0 fully saturated rings. The van der Waals surface area contributed by atoms with Crippen molar-refractivity contribution in [3.63, 3.8) is 0 Å². The van der Waals surface area contributed by atoms with Crippen LogP contribution in [0.25, 0.3) is 0 Å². The van der Waals surface area contributed by atoms with Crippen LogP contribution in [0.3, 0.4) is 0 Å². The predicted octanol–water partition coefficient (Wildman–Crippen LogP) is 1.04. The minimum absolute atomic E-state index is 0.378. The highest BCUT2D eigenvalue weighted by Crippen LogP contribution is 2.79. The number of rotatable bonds is 9. The monoisotopic (exact) mass is 376 g/mol. The summed E-state index contributed by atoms with van der Waals surface area (Å²) in [5.74, 6) is -5.57. The van der Waals surface area contributed by atoms with E-state index < -0.39 is 56.2 Å². The van der Waals surface area contributed by atoms with Crippen molar-refractivity contribution in [2.75, 3.05) is 0 Å². The van der Waals surface area contributed by atoms with Gasteiger partial charge in [-0.05, 0) is 19.3 Å². The maximum absolute atomic E-state index is 12.0. The molecular formula is C11H22O10P2. The third kappa shape index (κ3) is 3.12. The van der Waals surface area contributed by atoms with Crippen LogP contribution >= 0.6 is 15.2 Å². The molecule has 0 spiro atoms. The minimum Gasteiger partial charge on any atom is -0.481 e. The molecule has 0 aromatic carbocycles. The van der Waals surface area contributed by atoms with Crippen LogP contribution in [0.2, 0.25) is 0 Å². The van der Waals surface area contributed by atoms with Crippen molar-refractivity contribution >= 4 is 27.1 Å². The van der Waals surface area contributed by atoms with Crippen LogP contribution in [0.4, 0.5) is 0 Å². The molecule has 23 heavy (non-hydrogen) atoms. The Hall–Kier alpha value is -0.760. The summed E-state index contributed by atoms with van der Waals surface area (Å²) in [6.07, 6.45) is -1.97. The molecule has 6 N–H and O–H groups in total. The van der Waals surface area contributed by atoms with E-state index in [2.05, 4.69) is 0 Å². The zero-order valence-electron chi connectivity index (χ0n) is 12.9. The van der Waals surface area contributed by atoms with Crippen LogP contribution in [0.5, 0.6) is 0 Å². The Balaban J connectivity index is 7.25. The average Bonchev–Trinajstić information content (AvgIpc) is 2.34. The largest absolute Gasteiger partial charge is 0.481 e. The van der Waals surface area contributed by atoms with Crippen molar-refractivity contribution in [2.24, 2.45) is 11.3 Å². The van der Waals surface area contributed by atoms with Gasteiger partial charge in [-0.2, -0.15) is 0 Å². The van der Waals surface area contributed by atoms with Gasteiger partial charge in [0.05, 0.1) is 5.92 Å². The van der Waals surface area contributed by atoms with Crippen molar-refractivity contribution in [1.29, 1.82) is 0 Å². The molecule has 0 radical (unpaired) electrons. The van der Waals surface area contributed by atoms with Crippen molar-refractivity contribution in [2.45, 2.75) is 44.9 Å². The SMILES string of the molecule is CCC(C(=O)O)C(CC)(C(=O)O)C(CC)(P(=O)(O)O)P(=O)(O)O. The van der Waals surface area contributed by atoms with E-state index in [0.29, 0.717) is 0 Å². The van der Waals surface area contributed by atoms with Gasteiger partial charge in [0, 0.05) is 0 Å². The van der Waals surface area contributed by atoms with Crippen LogP contribution in [0.1, 0.15) is 40.0 Å². The number of carboxylic acid groups (broad SMARTS) is 2. The Bertz CT molecular complexity index is 539. The lowest BCUT2D eigenvalue weighted by Crippen LogP contribution is -2.58. The highest BCUT2D eigenvalue weighted by atomic mass is 31.2. The molecule has 0 rings (SSSR count). The fraction of sp³-hybridized carbons (Fsp3) is 0.818. The molecule has 10 nitrogen and oxygen atoms in total. The van der Waals surface area contributed by atoms with Gasteiger partial charge in [-0.3, -0.25) is 18.7 Å². The quantitative estimate of drug-likeness (QED) is 0.317. The zero-order valence-corrected chi connectivity index (χ0v) is 14.7. The smallest absolute Gasteiger partial charge is 0.344 e. The summed E-state index contributed by atoms with van der Waals surface area (Å²) in [4.78, 5) is 58.7. The van der Waals surface area contributed by atoms with E-state index in [1.807, 2.05) is 0 Å². The zero-order chi connectivity index (χ0) is 18.9. The first-order chi connectivity index (χ1) is 10.2. The lowest BCUT2D eigenvalue weighted by atomic mass is 9.68. The van der Waals surface area contributed by atoms with Gasteiger partial charge < -0.3 is 29.8 Å². The summed E-state index contributed by atoms with van der Waals surface area (Å²) in [6.45, 7) is 3.42. The van der Waals surface area contributed by atoms with E-state index in [9.17, 15) is 48.5 Å². The maximum Gasteiger partial charge on any atom is 0.344 e. The van der Waals surface area contributed by atoms with E-state index in [1.165, 1.54) is 6.92 Å². The van der Waals surface area contributed by atoms with Crippen LogP contribution in [0, 0.1) is 11.3 Å². The molecular weight excluding hydrogens is 354 g/mol. The summed E-state index contributed by atoms with van der Waals surface area (Å²) < 4.78 is 24.1. The first-order valence-electron chi connectivity index (χ1n) is 6.78. The standard InChI is InChI=1S/C11H22O10P2/c1-4-7(8(12)13)10(5-2,9(14)15)11(6-3,22(16,17)18)23(19,20)21/h7H,4-6H2,1-3H3,(H,12,13)(H,14,15)(H2,16,17,18)(H2,19,20,21). The molecule has 2 atom stereocenters. The topological polar surface area (TPSA) is 190 Å². The van der Waals surface area contributed by atoms with Crippen LogP contribution in [-0.4, -0.2) is 46.6 Å². The molecule has 0 saturated carbocycles. The Kier molecular flexibility index (Phi) is 6.78.